The molecule has 0 bridgehead atoms. The number of anilines is 1. The van der Waals surface area contributed by atoms with Gasteiger partial charge in [-0.2, -0.15) is 0 Å². The molecule has 1 unspecified atom stereocenters. The van der Waals surface area contributed by atoms with Crippen molar-refractivity contribution >= 4 is 29.0 Å². The average molecular weight is 541 g/mol. The van der Waals surface area contributed by atoms with Crippen LogP contribution in [0.4, 0.5) is 10.1 Å². The minimum atomic E-state index is -1.10. The van der Waals surface area contributed by atoms with Gasteiger partial charge >= 0.3 is 5.97 Å². The molecule has 3 aromatic rings. The topological polar surface area (TPSA) is 97.9 Å². The monoisotopic (exact) mass is 540 g/mol. The summed E-state index contributed by atoms with van der Waals surface area (Å²) in [5.41, 5.74) is 4.41. The number of nitrogens with zero attached hydrogens (tertiary/aromatic N) is 2. The number of amides is 1. The molecule has 0 fully saturated rings. The van der Waals surface area contributed by atoms with Crippen molar-refractivity contribution < 1.29 is 23.8 Å². The van der Waals surface area contributed by atoms with E-state index in [1.807, 2.05) is 51.9 Å². The molecule has 0 aliphatic carbocycles. The van der Waals surface area contributed by atoms with Crippen LogP contribution in [0.15, 0.2) is 48.6 Å². The number of carbonyl (C=O) groups is 2. The van der Waals surface area contributed by atoms with E-state index >= 15 is 0 Å². The standard InChI is InChI=1S/C24H24FN3O4.C4H11N.C2H6/c1-14-10-16(25)4-7-21(14)27(3)23-22-18(8-9-28(23)13-29)19-11-17(5-6-20(19)26-22)32-12-15(2)24(30)31;1-3-4-5-2;1-2/h4-7,10-11,13,23,26H,2,8-9,12H2,1,3H3,(H,30,31);5H,3-4H2,1-2H3;1-2H3. The maximum Gasteiger partial charge on any atom is 0.334 e. The van der Waals surface area contributed by atoms with Crippen molar-refractivity contribution in [3.63, 3.8) is 0 Å². The number of aromatic nitrogens is 1. The average Bonchev–Trinajstić information content (AvgIpc) is 3.30. The van der Waals surface area contributed by atoms with Gasteiger partial charge < -0.3 is 29.9 Å². The fourth-order valence-corrected chi connectivity index (χ4v) is 4.51. The lowest BCUT2D eigenvalue weighted by molar-refractivity contribution is -0.133. The number of hydrogen-bond donors (Lipinski definition) is 3. The van der Waals surface area contributed by atoms with E-state index in [2.05, 4.69) is 23.8 Å². The second-order valence-electron chi connectivity index (χ2n) is 9.03. The van der Waals surface area contributed by atoms with Crippen LogP contribution in [0.1, 0.15) is 50.2 Å². The number of carboxylic acid groups (broad SMARTS) is 1. The maximum absolute atomic E-state index is 13.6. The van der Waals surface area contributed by atoms with Crippen LogP contribution in [0.25, 0.3) is 10.9 Å². The van der Waals surface area contributed by atoms with Gasteiger partial charge in [-0.05, 0) is 80.9 Å². The number of rotatable bonds is 9. The van der Waals surface area contributed by atoms with Crippen LogP contribution >= 0.6 is 0 Å². The van der Waals surface area contributed by atoms with E-state index in [4.69, 9.17) is 9.84 Å². The number of halogens is 1. The molecule has 1 amide bonds. The van der Waals surface area contributed by atoms with Crippen molar-refractivity contribution in [1.29, 1.82) is 0 Å². The van der Waals surface area contributed by atoms with Gasteiger partial charge in [-0.3, -0.25) is 4.79 Å². The number of carboxylic acids is 1. The van der Waals surface area contributed by atoms with Crippen molar-refractivity contribution in [3.8, 4) is 5.75 Å². The molecule has 1 aliphatic rings. The van der Waals surface area contributed by atoms with E-state index < -0.39 is 5.97 Å². The fraction of sp³-hybridized carbons (Fsp3) is 0.400. The zero-order chi connectivity index (χ0) is 29.1. The highest BCUT2D eigenvalue weighted by molar-refractivity contribution is 5.87. The third-order valence-corrected chi connectivity index (χ3v) is 6.36. The summed E-state index contributed by atoms with van der Waals surface area (Å²) in [4.78, 5) is 30.0. The number of nitrogens with one attached hydrogen (secondary N) is 2. The van der Waals surface area contributed by atoms with Gasteiger partial charge in [-0.15, -0.1) is 0 Å². The molecule has 2 heterocycles. The van der Waals surface area contributed by atoms with Crippen LogP contribution < -0.4 is 15.0 Å². The Kier molecular flexibility index (Phi) is 12.0. The van der Waals surface area contributed by atoms with E-state index in [0.717, 1.165) is 46.4 Å². The van der Waals surface area contributed by atoms with Gasteiger partial charge in [-0.1, -0.05) is 27.4 Å². The van der Waals surface area contributed by atoms with Gasteiger partial charge in [-0.25, -0.2) is 9.18 Å². The fourth-order valence-electron chi connectivity index (χ4n) is 4.51. The number of ether oxygens (including phenoxy) is 1. The molecule has 0 saturated heterocycles. The molecule has 0 radical (unpaired) electrons. The minimum absolute atomic E-state index is 0.0285. The third kappa shape index (κ3) is 7.60. The van der Waals surface area contributed by atoms with Crippen LogP contribution in [-0.4, -0.2) is 61.2 Å². The number of aliphatic carboxylic acids is 1. The van der Waals surface area contributed by atoms with E-state index in [9.17, 15) is 14.0 Å². The van der Waals surface area contributed by atoms with Gasteiger partial charge in [0.05, 0.1) is 11.3 Å². The van der Waals surface area contributed by atoms with Crippen molar-refractivity contribution in [1.82, 2.24) is 15.2 Å². The molecule has 3 N–H and O–H groups in total. The summed E-state index contributed by atoms with van der Waals surface area (Å²) in [5.74, 6) is -0.861. The van der Waals surface area contributed by atoms with Gasteiger partial charge in [0.2, 0.25) is 6.41 Å². The predicted octanol–water partition coefficient (Wildman–Crippen LogP) is 5.43. The van der Waals surface area contributed by atoms with Crippen LogP contribution in [0.2, 0.25) is 0 Å². The molecule has 0 saturated carbocycles. The first-order valence-corrected chi connectivity index (χ1v) is 13.2. The SMILES string of the molecule is C=C(COc1ccc2[nH]c3c(c2c1)CCN(C=O)C3N(C)c1ccc(F)cc1C)C(=O)O.CC.CCCNC. The van der Waals surface area contributed by atoms with Crippen LogP contribution in [-0.2, 0) is 16.0 Å². The highest BCUT2D eigenvalue weighted by Gasteiger charge is 2.33. The molecule has 8 nitrogen and oxygen atoms in total. The highest BCUT2D eigenvalue weighted by Crippen LogP contribution is 2.39. The number of aromatic amines is 1. The first-order chi connectivity index (χ1) is 18.7. The first-order valence-electron chi connectivity index (χ1n) is 13.2. The molecule has 1 atom stereocenters. The molecular weight excluding hydrogens is 499 g/mol. The Morgan fingerprint density at radius 2 is 2.03 bits per heavy atom. The zero-order valence-electron chi connectivity index (χ0n) is 23.8. The zero-order valence-corrected chi connectivity index (χ0v) is 23.8. The molecule has 1 aromatic heterocycles. The Balaban J connectivity index is 0.000000686. The maximum atomic E-state index is 13.6. The Morgan fingerprint density at radius 1 is 1.31 bits per heavy atom. The highest BCUT2D eigenvalue weighted by atomic mass is 19.1. The largest absolute Gasteiger partial charge is 0.489 e. The number of H-pyrrole nitrogens is 1. The van der Waals surface area contributed by atoms with Gasteiger partial charge in [0.1, 0.15) is 24.3 Å². The van der Waals surface area contributed by atoms with Crippen molar-refractivity contribution in [2.75, 3.05) is 38.7 Å². The lowest BCUT2D eigenvalue weighted by atomic mass is 10.00. The summed E-state index contributed by atoms with van der Waals surface area (Å²) in [6, 6.07) is 10.1. The summed E-state index contributed by atoms with van der Waals surface area (Å²) in [6.07, 6.45) is 2.34. The number of carbonyl (C=O) groups excluding carboxylic acids is 1. The molecule has 2 aromatic carbocycles. The van der Waals surface area contributed by atoms with Gasteiger partial charge in [0.25, 0.3) is 0 Å². The molecule has 9 heteroatoms. The second-order valence-corrected chi connectivity index (χ2v) is 9.03. The van der Waals surface area contributed by atoms with E-state index in [1.54, 1.807) is 17.0 Å². The smallest absolute Gasteiger partial charge is 0.334 e. The van der Waals surface area contributed by atoms with E-state index in [1.165, 1.54) is 18.6 Å². The number of fused-ring (bicyclic) bond motifs is 3. The van der Waals surface area contributed by atoms with Crippen LogP contribution in [0.5, 0.6) is 5.75 Å². The number of hydrogen-bond acceptors (Lipinski definition) is 5. The lowest BCUT2D eigenvalue weighted by Gasteiger charge is -2.40. The van der Waals surface area contributed by atoms with Gasteiger partial charge in [0, 0.05) is 30.2 Å². The Morgan fingerprint density at radius 3 is 2.59 bits per heavy atom. The normalized spacial score (nSPS) is 13.8. The Labute approximate surface area is 230 Å². The second kappa shape index (κ2) is 14.9. The molecule has 212 valence electrons. The molecule has 4 rings (SSSR count). The summed E-state index contributed by atoms with van der Waals surface area (Å²) >= 11 is 0. The van der Waals surface area contributed by atoms with E-state index in [-0.39, 0.29) is 24.2 Å². The molecule has 0 spiro atoms. The molecule has 1 aliphatic heterocycles. The van der Waals surface area contributed by atoms with Gasteiger partial charge in [0.15, 0.2) is 0 Å². The first kappa shape index (κ1) is 31.4. The summed E-state index contributed by atoms with van der Waals surface area (Å²) in [7, 11) is 3.84. The van der Waals surface area contributed by atoms with Crippen molar-refractivity contribution in [2.45, 2.75) is 46.7 Å². The Hall–Kier alpha value is -3.85. The number of aryl methyl sites for hydroxylation is 1. The third-order valence-electron chi connectivity index (χ3n) is 6.36. The van der Waals surface area contributed by atoms with Crippen molar-refractivity contribution in [3.05, 3.63) is 71.2 Å². The predicted molar refractivity (Wildman–Crippen MR) is 155 cm³/mol. The van der Waals surface area contributed by atoms with Crippen molar-refractivity contribution in [2.24, 2.45) is 0 Å². The summed E-state index contributed by atoms with van der Waals surface area (Å²) in [5, 5.41) is 12.9. The van der Waals surface area contributed by atoms with E-state index in [0.29, 0.717) is 18.7 Å². The van der Waals surface area contributed by atoms with Crippen LogP contribution in [0.3, 0.4) is 0 Å². The number of benzene rings is 2. The minimum Gasteiger partial charge on any atom is -0.489 e. The molecular formula is C30H41FN4O4. The lowest BCUT2D eigenvalue weighted by Crippen LogP contribution is -2.43. The molecule has 39 heavy (non-hydrogen) atoms. The quantitative estimate of drug-likeness (QED) is 0.247. The summed E-state index contributed by atoms with van der Waals surface area (Å²) < 4.78 is 19.2. The Bertz CT molecular complexity index is 1270. The summed E-state index contributed by atoms with van der Waals surface area (Å²) in [6.45, 7) is 13.0. The van der Waals surface area contributed by atoms with Crippen LogP contribution in [0, 0.1) is 12.7 Å².